The second-order valence-electron chi connectivity index (χ2n) is 5.99. The van der Waals surface area contributed by atoms with Crippen molar-refractivity contribution >= 4 is 27.7 Å². The minimum Gasteiger partial charge on any atom is -0.378 e. The third-order valence-electron chi connectivity index (χ3n) is 4.48. The standard InChI is InChI=1S/C16H22BrN3O2/c1-12-10-14(17)11-18-15(12)19-4-2-13(3-5-19)16(21)20-6-8-22-9-7-20/h10-11,13H,2-9H2,1H3. The van der Waals surface area contributed by atoms with E-state index in [0.717, 1.165) is 49.3 Å². The van der Waals surface area contributed by atoms with Crippen molar-refractivity contribution < 1.29 is 9.53 Å². The summed E-state index contributed by atoms with van der Waals surface area (Å²) in [5.41, 5.74) is 1.17. The largest absolute Gasteiger partial charge is 0.378 e. The van der Waals surface area contributed by atoms with Gasteiger partial charge in [0.2, 0.25) is 5.91 Å². The monoisotopic (exact) mass is 367 g/mol. The van der Waals surface area contributed by atoms with E-state index in [1.165, 1.54) is 5.56 Å². The number of amides is 1. The first-order valence-electron chi connectivity index (χ1n) is 7.89. The summed E-state index contributed by atoms with van der Waals surface area (Å²) in [7, 11) is 0. The average Bonchev–Trinajstić information content (AvgIpc) is 2.55. The fourth-order valence-electron chi connectivity index (χ4n) is 3.24. The van der Waals surface area contributed by atoms with Gasteiger partial charge in [-0.3, -0.25) is 4.79 Å². The summed E-state index contributed by atoms with van der Waals surface area (Å²) in [4.78, 5) is 21.3. The Labute approximate surface area is 139 Å². The minimum absolute atomic E-state index is 0.158. The van der Waals surface area contributed by atoms with E-state index in [1.54, 1.807) is 0 Å². The Balaban J connectivity index is 1.59. The van der Waals surface area contributed by atoms with E-state index in [1.807, 2.05) is 11.1 Å². The second kappa shape index (κ2) is 6.96. The highest BCUT2D eigenvalue weighted by Gasteiger charge is 2.30. The zero-order valence-electron chi connectivity index (χ0n) is 12.9. The number of hydrogen-bond donors (Lipinski definition) is 0. The Morgan fingerprint density at radius 1 is 1.27 bits per heavy atom. The first-order valence-corrected chi connectivity index (χ1v) is 8.68. The third-order valence-corrected chi connectivity index (χ3v) is 4.92. The summed E-state index contributed by atoms with van der Waals surface area (Å²) >= 11 is 3.45. The molecule has 2 aliphatic heterocycles. The number of anilines is 1. The van der Waals surface area contributed by atoms with Crippen molar-refractivity contribution in [2.24, 2.45) is 5.92 Å². The molecule has 0 saturated carbocycles. The molecule has 1 aromatic heterocycles. The van der Waals surface area contributed by atoms with Gasteiger partial charge in [-0.05, 0) is 47.3 Å². The van der Waals surface area contributed by atoms with E-state index >= 15 is 0 Å². The van der Waals surface area contributed by atoms with Crippen LogP contribution in [0.2, 0.25) is 0 Å². The topological polar surface area (TPSA) is 45.7 Å². The lowest BCUT2D eigenvalue weighted by molar-refractivity contribution is -0.140. The van der Waals surface area contributed by atoms with Crippen LogP contribution < -0.4 is 4.90 Å². The van der Waals surface area contributed by atoms with Crippen molar-refractivity contribution in [3.63, 3.8) is 0 Å². The molecule has 0 unspecified atom stereocenters. The number of carbonyl (C=O) groups excluding carboxylic acids is 1. The molecule has 1 aromatic rings. The molecule has 1 amide bonds. The number of hydrogen-bond acceptors (Lipinski definition) is 4. The molecule has 0 aliphatic carbocycles. The zero-order chi connectivity index (χ0) is 15.5. The smallest absolute Gasteiger partial charge is 0.225 e. The molecule has 0 atom stereocenters. The van der Waals surface area contributed by atoms with E-state index in [2.05, 4.69) is 38.8 Å². The Morgan fingerprint density at radius 2 is 1.95 bits per heavy atom. The van der Waals surface area contributed by atoms with Gasteiger partial charge in [-0.1, -0.05) is 0 Å². The van der Waals surface area contributed by atoms with E-state index < -0.39 is 0 Å². The summed E-state index contributed by atoms with van der Waals surface area (Å²) in [5, 5.41) is 0. The summed E-state index contributed by atoms with van der Waals surface area (Å²) in [5.74, 6) is 1.51. The predicted molar refractivity (Wildman–Crippen MR) is 89.0 cm³/mol. The fraction of sp³-hybridized carbons (Fsp3) is 0.625. The number of nitrogens with zero attached hydrogens (tertiary/aromatic N) is 3. The Kier molecular flexibility index (Phi) is 4.98. The van der Waals surface area contributed by atoms with Crippen LogP contribution in [0.4, 0.5) is 5.82 Å². The molecule has 3 rings (SSSR count). The van der Waals surface area contributed by atoms with Gasteiger partial charge < -0.3 is 14.5 Å². The molecule has 120 valence electrons. The number of aryl methyl sites for hydroxylation is 1. The molecule has 6 heteroatoms. The zero-order valence-corrected chi connectivity index (χ0v) is 14.5. The molecule has 0 aromatic carbocycles. The first kappa shape index (κ1) is 15.7. The lowest BCUT2D eigenvalue weighted by Crippen LogP contribution is -2.47. The van der Waals surface area contributed by atoms with Crippen molar-refractivity contribution in [2.75, 3.05) is 44.3 Å². The molecule has 2 fully saturated rings. The quantitative estimate of drug-likeness (QED) is 0.803. The molecule has 22 heavy (non-hydrogen) atoms. The van der Waals surface area contributed by atoms with Gasteiger partial charge in [0.25, 0.3) is 0 Å². The van der Waals surface area contributed by atoms with Gasteiger partial charge in [0.15, 0.2) is 0 Å². The van der Waals surface area contributed by atoms with Gasteiger partial charge in [-0.15, -0.1) is 0 Å². The number of halogens is 1. The number of pyridine rings is 1. The van der Waals surface area contributed by atoms with Gasteiger partial charge in [0.1, 0.15) is 5.82 Å². The molecule has 0 radical (unpaired) electrons. The minimum atomic E-state index is 0.158. The predicted octanol–water partition coefficient (Wildman–Crippen LogP) is 2.23. The number of rotatable bonds is 2. The molecular weight excluding hydrogens is 346 g/mol. The summed E-state index contributed by atoms with van der Waals surface area (Å²) in [6, 6.07) is 2.09. The normalized spacial score (nSPS) is 20.3. The van der Waals surface area contributed by atoms with Gasteiger partial charge in [-0.25, -0.2) is 4.98 Å². The van der Waals surface area contributed by atoms with Gasteiger partial charge in [-0.2, -0.15) is 0 Å². The summed E-state index contributed by atoms with van der Waals surface area (Å²) in [6.07, 6.45) is 3.66. The molecule has 3 heterocycles. The van der Waals surface area contributed by atoms with Crippen molar-refractivity contribution in [2.45, 2.75) is 19.8 Å². The van der Waals surface area contributed by atoms with E-state index in [9.17, 15) is 4.79 Å². The maximum atomic E-state index is 12.5. The number of piperidine rings is 1. The average molecular weight is 368 g/mol. The second-order valence-corrected chi connectivity index (χ2v) is 6.91. The van der Waals surface area contributed by atoms with Crippen LogP contribution >= 0.6 is 15.9 Å². The van der Waals surface area contributed by atoms with Crippen LogP contribution in [-0.4, -0.2) is 55.2 Å². The highest BCUT2D eigenvalue weighted by atomic mass is 79.9. The Hall–Kier alpha value is -1.14. The van der Waals surface area contributed by atoms with E-state index in [0.29, 0.717) is 19.1 Å². The van der Waals surface area contributed by atoms with Gasteiger partial charge in [0.05, 0.1) is 13.2 Å². The molecule has 2 saturated heterocycles. The van der Waals surface area contributed by atoms with Crippen molar-refractivity contribution in [3.05, 3.63) is 22.3 Å². The van der Waals surface area contributed by atoms with Gasteiger partial charge >= 0.3 is 0 Å². The van der Waals surface area contributed by atoms with Crippen LogP contribution in [0.3, 0.4) is 0 Å². The fourth-order valence-corrected chi connectivity index (χ4v) is 3.69. The molecular formula is C16H22BrN3O2. The number of aromatic nitrogens is 1. The number of carbonyl (C=O) groups is 1. The number of ether oxygens (including phenoxy) is 1. The maximum absolute atomic E-state index is 12.5. The molecule has 0 N–H and O–H groups in total. The maximum Gasteiger partial charge on any atom is 0.225 e. The van der Waals surface area contributed by atoms with Crippen LogP contribution in [0.1, 0.15) is 18.4 Å². The summed E-state index contributed by atoms with van der Waals surface area (Å²) < 4.78 is 6.33. The van der Waals surface area contributed by atoms with Crippen LogP contribution in [-0.2, 0) is 9.53 Å². The molecule has 2 aliphatic rings. The third kappa shape index (κ3) is 3.43. The number of morpholine rings is 1. The highest BCUT2D eigenvalue weighted by Crippen LogP contribution is 2.27. The van der Waals surface area contributed by atoms with Gasteiger partial charge in [0, 0.05) is 42.8 Å². The first-order chi connectivity index (χ1) is 10.6. The molecule has 0 spiro atoms. The van der Waals surface area contributed by atoms with Crippen LogP contribution in [0.5, 0.6) is 0 Å². The Bertz CT molecular complexity index is 538. The lowest BCUT2D eigenvalue weighted by Gasteiger charge is -2.36. The van der Waals surface area contributed by atoms with Crippen molar-refractivity contribution in [3.8, 4) is 0 Å². The molecule has 0 bridgehead atoms. The van der Waals surface area contributed by atoms with E-state index in [4.69, 9.17) is 4.74 Å². The highest BCUT2D eigenvalue weighted by molar-refractivity contribution is 9.10. The lowest BCUT2D eigenvalue weighted by atomic mass is 9.95. The van der Waals surface area contributed by atoms with Crippen LogP contribution in [0, 0.1) is 12.8 Å². The summed E-state index contributed by atoms with van der Waals surface area (Å²) in [6.45, 7) is 6.71. The Morgan fingerprint density at radius 3 is 2.59 bits per heavy atom. The van der Waals surface area contributed by atoms with Crippen LogP contribution in [0.25, 0.3) is 0 Å². The van der Waals surface area contributed by atoms with Crippen LogP contribution in [0.15, 0.2) is 16.7 Å². The SMILES string of the molecule is Cc1cc(Br)cnc1N1CCC(C(=O)N2CCOCC2)CC1. The van der Waals surface area contributed by atoms with E-state index in [-0.39, 0.29) is 5.92 Å². The van der Waals surface area contributed by atoms with Crippen molar-refractivity contribution in [1.29, 1.82) is 0 Å². The molecule has 5 nitrogen and oxygen atoms in total. The van der Waals surface area contributed by atoms with Crippen molar-refractivity contribution in [1.82, 2.24) is 9.88 Å².